The molecule has 9 nitrogen and oxygen atoms in total. The SMILES string of the molecule is Cn1ncc(N2CCC(C(=O)N3CCN(c4ncnc5ccccc45)CC3)C2)cc1=O. The van der Waals surface area contributed by atoms with Gasteiger partial charge in [-0.25, -0.2) is 14.6 Å². The second-order valence-corrected chi connectivity index (χ2v) is 8.13. The molecule has 1 aromatic carbocycles. The van der Waals surface area contributed by atoms with Crippen LogP contribution in [0.2, 0.25) is 0 Å². The highest BCUT2D eigenvalue weighted by molar-refractivity contribution is 5.89. The molecule has 160 valence electrons. The summed E-state index contributed by atoms with van der Waals surface area (Å²) >= 11 is 0. The normalized spacial score (nSPS) is 19.3. The Morgan fingerprint density at radius 2 is 1.84 bits per heavy atom. The standard InChI is InChI=1S/C22H25N7O2/c1-26-20(30)12-17(13-25-26)29-7-6-16(14-29)22(31)28-10-8-27(9-11-28)21-18-4-2-3-5-19(18)23-15-24-21/h2-5,12-13,15-16H,6-11,14H2,1H3. The number of fused-ring (bicyclic) bond motifs is 1. The molecule has 5 rings (SSSR count). The van der Waals surface area contributed by atoms with Crippen LogP contribution in [-0.4, -0.2) is 69.8 Å². The van der Waals surface area contributed by atoms with Crippen LogP contribution in [0.5, 0.6) is 0 Å². The van der Waals surface area contributed by atoms with Gasteiger partial charge in [0, 0.05) is 57.8 Å². The van der Waals surface area contributed by atoms with Crippen molar-refractivity contribution in [2.75, 3.05) is 49.1 Å². The van der Waals surface area contributed by atoms with Gasteiger partial charge in [-0.15, -0.1) is 0 Å². The summed E-state index contributed by atoms with van der Waals surface area (Å²) in [5.41, 5.74) is 1.58. The van der Waals surface area contributed by atoms with E-state index in [1.54, 1.807) is 25.6 Å². The molecule has 1 atom stereocenters. The average molecular weight is 419 g/mol. The maximum atomic E-state index is 13.1. The number of anilines is 2. The van der Waals surface area contributed by atoms with Crippen molar-refractivity contribution in [1.29, 1.82) is 0 Å². The number of amides is 1. The minimum Gasteiger partial charge on any atom is -0.369 e. The number of nitrogens with zero attached hydrogens (tertiary/aromatic N) is 7. The van der Waals surface area contributed by atoms with Crippen molar-refractivity contribution in [3.05, 3.63) is 53.2 Å². The predicted octanol–water partition coefficient (Wildman–Crippen LogP) is 0.899. The van der Waals surface area contributed by atoms with Gasteiger partial charge < -0.3 is 14.7 Å². The van der Waals surface area contributed by atoms with Gasteiger partial charge in [0.25, 0.3) is 5.56 Å². The van der Waals surface area contributed by atoms with E-state index < -0.39 is 0 Å². The number of hydrogen-bond acceptors (Lipinski definition) is 7. The van der Waals surface area contributed by atoms with E-state index in [0.717, 1.165) is 48.5 Å². The molecule has 0 aliphatic carbocycles. The first kappa shape index (κ1) is 19.5. The molecule has 2 saturated heterocycles. The Morgan fingerprint density at radius 1 is 1.03 bits per heavy atom. The third kappa shape index (κ3) is 3.71. The van der Waals surface area contributed by atoms with Crippen molar-refractivity contribution in [3.8, 4) is 0 Å². The summed E-state index contributed by atoms with van der Waals surface area (Å²) in [7, 11) is 1.63. The first-order chi connectivity index (χ1) is 15.1. The van der Waals surface area contributed by atoms with Gasteiger partial charge >= 0.3 is 0 Å². The zero-order valence-electron chi connectivity index (χ0n) is 17.5. The summed E-state index contributed by atoms with van der Waals surface area (Å²) in [5.74, 6) is 1.09. The Bertz CT molecular complexity index is 1160. The highest BCUT2D eigenvalue weighted by Crippen LogP contribution is 2.26. The summed E-state index contributed by atoms with van der Waals surface area (Å²) in [5, 5.41) is 5.13. The third-order valence-electron chi connectivity index (χ3n) is 6.27. The smallest absolute Gasteiger partial charge is 0.268 e. The predicted molar refractivity (Wildman–Crippen MR) is 118 cm³/mol. The lowest BCUT2D eigenvalue weighted by atomic mass is 10.1. The number of aryl methyl sites for hydroxylation is 1. The van der Waals surface area contributed by atoms with Crippen LogP contribution in [0.15, 0.2) is 47.7 Å². The van der Waals surface area contributed by atoms with E-state index in [-0.39, 0.29) is 17.4 Å². The molecule has 0 N–H and O–H groups in total. The van der Waals surface area contributed by atoms with Crippen molar-refractivity contribution in [3.63, 3.8) is 0 Å². The van der Waals surface area contributed by atoms with Crippen molar-refractivity contribution in [2.24, 2.45) is 13.0 Å². The van der Waals surface area contributed by atoms with Gasteiger partial charge in [0.1, 0.15) is 12.1 Å². The van der Waals surface area contributed by atoms with Gasteiger partial charge in [0.05, 0.1) is 23.3 Å². The van der Waals surface area contributed by atoms with E-state index in [2.05, 4.69) is 24.9 Å². The summed E-state index contributed by atoms with van der Waals surface area (Å²) in [4.78, 5) is 40.1. The van der Waals surface area contributed by atoms with Crippen molar-refractivity contribution in [1.82, 2.24) is 24.6 Å². The van der Waals surface area contributed by atoms with Crippen LogP contribution in [0.4, 0.5) is 11.5 Å². The molecule has 0 radical (unpaired) electrons. The highest BCUT2D eigenvalue weighted by atomic mass is 16.2. The molecule has 0 saturated carbocycles. The molecule has 0 bridgehead atoms. The van der Waals surface area contributed by atoms with Gasteiger partial charge in [-0.3, -0.25) is 9.59 Å². The molecule has 1 unspecified atom stereocenters. The number of carbonyl (C=O) groups is 1. The monoisotopic (exact) mass is 419 g/mol. The topological polar surface area (TPSA) is 87.5 Å². The number of benzene rings is 1. The van der Waals surface area contributed by atoms with Crippen LogP contribution >= 0.6 is 0 Å². The lowest BCUT2D eigenvalue weighted by molar-refractivity contribution is -0.135. The molecule has 31 heavy (non-hydrogen) atoms. The van der Waals surface area contributed by atoms with Gasteiger partial charge in [0.15, 0.2) is 0 Å². The Hall–Kier alpha value is -3.49. The van der Waals surface area contributed by atoms with E-state index in [1.165, 1.54) is 4.68 Å². The average Bonchev–Trinajstić information content (AvgIpc) is 3.30. The fourth-order valence-electron chi connectivity index (χ4n) is 4.47. The lowest BCUT2D eigenvalue weighted by Gasteiger charge is -2.36. The number of aromatic nitrogens is 4. The quantitative estimate of drug-likeness (QED) is 0.623. The Kier molecular flexibility index (Phi) is 5.01. The van der Waals surface area contributed by atoms with Crippen LogP contribution in [0.25, 0.3) is 10.9 Å². The minimum absolute atomic E-state index is 0.0458. The van der Waals surface area contributed by atoms with E-state index >= 15 is 0 Å². The number of rotatable bonds is 3. The molecule has 0 spiro atoms. The maximum Gasteiger partial charge on any atom is 0.268 e. The van der Waals surface area contributed by atoms with Crippen LogP contribution in [0.3, 0.4) is 0 Å². The number of piperazine rings is 1. The Labute approximate surface area is 179 Å². The van der Waals surface area contributed by atoms with Crippen LogP contribution in [0.1, 0.15) is 6.42 Å². The van der Waals surface area contributed by atoms with E-state index in [0.29, 0.717) is 19.6 Å². The zero-order chi connectivity index (χ0) is 21.4. The maximum absolute atomic E-state index is 13.1. The molecule has 2 aliphatic heterocycles. The molecule has 9 heteroatoms. The number of para-hydroxylation sites is 1. The lowest BCUT2D eigenvalue weighted by Crippen LogP contribution is -2.51. The van der Waals surface area contributed by atoms with Crippen molar-refractivity contribution in [2.45, 2.75) is 6.42 Å². The molecule has 2 aliphatic rings. The molecule has 1 amide bonds. The summed E-state index contributed by atoms with van der Waals surface area (Å²) in [6, 6.07) is 9.60. The fourth-order valence-corrected chi connectivity index (χ4v) is 4.47. The molecule has 4 heterocycles. The summed E-state index contributed by atoms with van der Waals surface area (Å²) in [6.07, 6.45) is 4.10. The molecular weight excluding hydrogens is 394 g/mol. The fraction of sp³-hybridized carbons (Fsp3) is 0.409. The van der Waals surface area contributed by atoms with Gasteiger partial charge in [0.2, 0.25) is 5.91 Å². The van der Waals surface area contributed by atoms with E-state index in [1.807, 2.05) is 29.2 Å². The second kappa shape index (κ2) is 7.98. The molecular formula is C22H25N7O2. The Balaban J connectivity index is 1.22. The summed E-state index contributed by atoms with van der Waals surface area (Å²) in [6.45, 7) is 4.26. The van der Waals surface area contributed by atoms with Crippen LogP contribution in [-0.2, 0) is 11.8 Å². The molecule has 3 aromatic rings. The van der Waals surface area contributed by atoms with Gasteiger partial charge in [-0.05, 0) is 18.6 Å². The number of carbonyl (C=O) groups excluding carboxylic acids is 1. The van der Waals surface area contributed by atoms with Gasteiger partial charge in [-0.2, -0.15) is 5.10 Å². The zero-order valence-corrected chi connectivity index (χ0v) is 17.5. The second-order valence-electron chi connectivity index (χ2n) is 8.13. The number of hydrogen-bond donors (Lipinski definition) is 0. The minimum atomic E-state index is -0.138. The highest BCUT2D eigenvalue weighted by Gasteiger charge is 2.33. The van der Waals surface area contributed by atoms with E-state index in [9.17, 15) is 9.59 Å². The van der Waals surface area contributed by atoms with Crippen LogP contribution < -0.4 is 15.4 Å². The van der Waals surface area contributed by atoms with Crippen molar-refractivity contribution < 1.29 is 4.79 Å². The Morgan fingerprint density at radius 3 is 2.65 bits per heavy atom. The van der Waals surface area contributed by atoms with Crippen molar-refractivity contribution >= 4 is 28.3 Å². The first-order valence-corrected chi connectivity index (χ1v) is 10.6. The van der Waals surface area contributed by atoms with E-state index in [4.69, 9.17) is 0 Å². The van der Waals surface area contributed by atoms with Crippen LogP contribution in [0, 0.1) is 5.92 Å². The first-order valence-electron chi connectivity index (χ1n) is 10.6. The molecule has 2 aromatic heterocycles. The molecule has 2 fully saturated rings. The third-order valence-corrected chi connectivity index (χ3v) is 6.27. The summed E-state index contributed by atoms with van der Waals surface area (Å²) < 4.78 is 1.31. The largest absolute Gasteiger partial charge is 0.369 e. The van der Waals surface area contributed by atoms with Gasteiger partial charge in [-0.1, -0.05) is 12.1 Å².